The number of nitrogens with one attached hydrogen (secondary N) is 1. The molecule has 0 bridgehead atoms. The molecule has 21 heavy (non-hydrogen) atoms. The van der Waals surface area contributed by atoms with Crippen molar-refractivity contribution in [1.29, 1.82) is 0 Å². The topological polar surface area (TPSA) is 71.8 Å². The Morgan fingerprint density at radius 2 is 2.00 bits per heavy atom. The molecule has 0 aliphatic carbocycles. The Balaban J connectivity index is 2.01. The molecule has 6 nitrogen and oxygen atoms in total. The third kappa shape index (κ3) is 1.76. The molecule has 4 rings (SSSR count). The second kappa shape index (κ2) is 4.19. The van der Waals surface area contributed by atoms with Gasteiger partial charge in [0, 0.05) is 5.56 Å². The van der Waals surface area contributed by atoms with Gasteiger partial charge in [-0.2, -0.15) is 5.10 Å². The van der Waals surface area contributed by atoms with Gasteiger partial charge in [0.25, 0.3) is 0 Å². The summed E-state index contributed by atoms with van der Waals surface area (Å²) in [4.78, 5) is 8.40. The molecule has 0 aliphatic rings. The first-order chi connectivity index (χ1) is 10.1. The Bertz CT molecular complexity index is 992. The van der Waals surface area contributed by atoms with Crippen LogP contribution >= 0.6 is 11.6 Å². The van der Waals surface area contributed by atoms with Crippen LogP contribution in [0.1, 0.15) is 0 Å². The number of rotatable bonds is 1. The highest BCUT2D eigenvalue weighted by Crippen LogP contribution is 2.28. The second-order valence-corrected chi connectivity index (χ2v) is 4.73. The Hall–Kier alpha value is -2.61. The normalized spacial score (nSPS) is 11.6. The van der Waals surface area contributed by atoms with Gasteiger partial charge in [-0.25, -0.2) is 23.3 Å². The van der Waals surface area contributed by atoms with Gasteiger partial charge >= 0.3 is 0 Å². The first-order valence-corrected chi connectivity index (χ1v) is 6.20. The predicted octanol–water partition coefficient (Wildman–Crippen LogP) is 2.60. The van der Waals surface area contributed by atoms with Crippen molar-refractivity contribution >= 4 is 28.3 Å². The minimum absolute atomic E-state index is 0.0289. The molecule has 1 N–H and O–H groups in total. The van der Waals surface area contributed by atoms with Crippen molar-refractivity contribution in [3.63, 3.8) is 0 Å². The number of H-pyrrole nitrogens is 1. The average molecular weight is 307 g/mol. The predicted molar refractivity (Wildman–Crippen MR) is 70.8 cm³/mol. The zero-order valence-electron chi connectivity index (χ0n) is 10.2. The lowest BCUT2D eigenvalue weighted by Gasteiger charge is -2.00. The van der Waals surface area contributed by atoms with Crippen LogP contribution in [0.2, 0.25) is 5.02 Å². The molecule has 0 fully saturated rings. The smallest absolute Gasteiger partial charge is 0.183 e. The van der Waals surface area contributed by atoms with E-state index < -0.39 is 11.6 Å². The van der Waals surface area contributed by atoms with Gasteiger partial charge in [-0.1, -0.05) is 11.6 Å². The molecule has 0 aliphatic heterocycles. The molecule has 3 aromatic heterocycles. The van der Waals surface area contributed by atoms with E-state index in [4.69, 9.17) is 11.6 Å². The van der Waals surface area contributed by atoms with E-state index in [0.717, 1.165) is 12.1 Å². The van der Waals surface area contributed by atoms with Crippen LogP contribution < -0.4 is 0 Å². The quantitative estimate of drug-likeness (QED) is 0.549. The number of hydrogen-bond acceptors (Lipinski definition) is 4. The van der Waals surface area contributed by atoms with Crippen LogP contribution in [0.3, 0.4) is 0 Å². The molecule has 9 heteroatoms. The van der Waals surface area contributed by atoms with Crippen LogP contribution in [0.5, 0.6) is 0 Å². The Morgan fingerprint density at radius 3 is 2.86 bits per heavy atom. The van der Waals surface area contributed by atoms with Crippen molar-refractivity contribution in [2.45, 2.75) is 0 Å². The van der Waals surface area contributed by atoms with Gasteiger partial charge in [0.1, 0.15) is 6.33 Å². The van der Waals surface area contributed by atoms with E-state index in [-0.39, 0.29) is 16.4 Å². The van der Waals surface area contributed by atoms with Crippen LogP contribution in [-0.4, -0.2) is 29.8 Å². The monoisotopic (exact) mass is 306 g/mol. The van der Waals surface area contributed by atoms with Crippen molar-refractivity contribution in [1.82, 2.24) is 29.8 Å². The molecule has 0 spiro atoms. The van der Waals surface area contributed by atoms with Crippen LogP contribution in [0.25, 0.3) is 28.1 Å². The lowest BCUT2D eigenvalue weighted by molar-refractivity contribution is 0.509. The van der Waals surface area contributed by atoms with E-state index in [9.17, 15) is 8.78 Å². The van der Waals surface area contributed by atoms with Gasteiger partial charge < -0.3 is 0 Å². The summed E-state index contributed by atoms with van der Waals surface area (Å²) in [5, 5.41) is 11.4. The molecule has 0 unspecified atom stereocenters. The molecule has 104 valence electrons. The van der Waals surface area contributed by atoms with Gasteiger partial charge in [-0.3, -0.25) is 5.10 Å². The molecule has 0 amide bonds. The molecule has 0 saturated heterocycles. The summed E-state index contributed by atoms with van der Waals surface area (Å²) in [7, 11) is 0. The molecular formula is C12H5ClF2N6. The van der Waals surface area contributed by atoms with E-state index in [0.29, 0.717) is 16.7 Å². The van der Waals surface area contributed by atoms with Gasteiger partial charge in [0.2, 0.25) is 0 Å². The SMILES string of the molecule is Fc1cc(Cl)c(-c2nc3c4cn[nH]c4ncn3n2)cc1F. The van der Waals surface area contributed by atoms with Gasteiger partial charge in [0.15, 0.2) is 28.8 Å². The number of halogens is 3. The molecule has 0 radical (unpaired) electrons. The minimum atomic E-state index is -1.02. The third-order valence-corrected chi connectivity index (χ3v) is 3.35. The number of hydrogen-bond donors (Lipinski definition) is 1. The van der Waals surface area contributed by atoms with E-state index in [1.807, 2.05) is 0 Å². The van der Waals surface area contributed by atoms with Gasteiger partial charge in [0.05, 0.1) is 16.6 Å². The fourth-order valence-electron chi connectivity index (χ4n) is 2.05. The second-order valence-electron chi connectivity index (χ2n) is 4.33. The molecule has 0 saturated carbocycles. The van der Waals surface area contributed by atoms with Crippen molar-refractivity contribution in [2.75, 3.05) is 0 Å². The van der Waals surface area contributed by atoms with Crippen molar-refractivity contribution < 1.29 is 8.78 Å². The van der Waals surface area contributed by atoms with Crippen LogP contribution in [-0.2, 0) is 0 Å². The summed E-state index contributed by atoms with van der Waals surface area (Å²) >= 11 is 5.93. The summed E-state index contributed by atoms with van der Waals surface area (Å²) in [6.07, 6.45) is 3.00. The Kier molecular flexibility index (Phi) is 2.43. The minimum Gasteiger partial charge on any atom is -0.261 e. The zero-order chi connectivity index (χ0) is 14.6. The molecule has 0 atom stereocenters. The Morgan fingerprint density at radius 1 is 1.19 bits per heavy atom. The number of aromatic nitrogens is 6. The van der Waals surface area contributed by atoms with Gasteiger partial charge in [-0.05, 0) is 12.1 Å². The maximum Gasteiger partial charge on any atom is 0.183 e. The van der Waals surface area contributed by atoms with Gasteiger partial charge in [-0.15, -0.1) is 5.10 Å². The zero-order valence-corrected chi connectivity index (χ0v) is 10.9. The molecule has 1 aromatic carbocycles. The lowest BCUT2D eigenvalue weighted by atomic mass is 10.2. The maximum atomic E-state index is 13.4. The number of benzene rings is 1. The molecule has 3 heterocycles. The van der Waals surface area contributed by atoms with Crippen molar-refractivity contribution in [3.05, 3.63) is 41.3 Å². The number of fused-ring (bicyclic) bond motifs is 3. The third-order valence-electron chi connectivity index (χ3n) is 3.04. The standard InChI is InChI=1S/C12H5ClF2N6/c13-7-2-9(15)8(14)1-5(7)11-18-12-6-3-17-19-10(6)16-4-21(12)20-11/h1-4H,(H,17,19). The number of nitrogens with zero attached hydrogens (tertiary/aromatic N) is 5. The van der Waals surface area contributed by atoms with Crippen LogP contribution in [0, 0.1) is 11.6 Å². The van der Waals surface area contributed by atoms with E-state index in [1.54, 1.807) is 6.20 Å². The molecule has 4 aromatic rings. The highest BCUT2D eigenvalue weighted by molar-refractivity contribution is 6.33. The molecular weight excluding hydrogens is 302 g/mol. The summed E-state index contributed by atoms with van der Waals surface area (Å²) in [6, 6.07) is 1.86. The summed E-state index contributed by atoms with van der Waals surface area (Å²) in [5.41, 5.74) is 1.25. The van der Waals surface area contributed by atoms with E-state index >= 15 is 0 Å². The van der Waals surface area contributed by atoms with Crippen molar-refractivity contribution in [2.24, 2.45) is 0 Å². The average Bonchev–Trinajstić information content (AvgIpc) is 3.07. The number of aromatic amines is 1. The highest BCUT2D eigenvalue weighted by atomic mass is 35.5. The largest absolute Gasteiger partial charge is 0.261 e. The fourth-order valence-corrected chi connectivity index (χ4v) is 2.28. The fraction of sp³-hybridized carbons (Fsp3) is 0. The van der Waals surface area contributed by atoms with Crippen LogP contribution in [0.15, 0.2) is 24.7 Å². The maximum absolute atomic E-state index is 13.4. The van der Waals surface area contributed by atoms with E-state index in [1.165, 1.54) is 10.8 Å². The summed E-state index contributed by atoms with van der Waals surface area (Å²) < 4.78 is 27.9. The first kappa shape index (κ1) is 12.2. The lowest BCUT2D eigenvalue weighted by Crippen LogP contribution is -1.91. The first-order valence-electron chi connectivity index (χ1n) is 5.83. The van der Waals surface area contributed by atoms with E-state index in [2.05, 4.69) is 25.3 Å². The Labute approximate surface area is 120 Å². The summed E-state index contributed by atoms with van der Waals surface area (Å²) in [6.45, 7) is 0. The van der Waals surface area contributed by atoms with Crippen LogP contribution in [0.4, 0.5) is 8.78 Å². The van der Waals surface area contributed by atoms with Crippen molar-refractivity contribution in [3.8, 4) is 11.4 Å². The summed E-state index contributed by atoms with van der Waals surface area (Å²) in [5.74, 6) is -1.86. The highest BCUT2D eigenvalue weighted by Gasteiger charge is 2.16.